The minimum absolute atomic E-state index is 0.0382. The summed E-state index contributed by atoms with van der Waals surface area (Å²) in [6.07, 6.45) is 1.44. The van der Waals surface area contributed by atoms with Crippen LogP contribution >= 0.6 is 22.6 Å². The fourth-order valence-electron chi connectivity index (χ4n) is 6.68. The van der Waals surface area contributed by atoms with Crippen LogP contribution in [0.2, 0.25) is 0 Å². The summed E-state index contributed by atoms with van der Waals surface area (Å²) in [4.78, 5) is 15.3. The highest BCUT2D eigenvalue weighted by molar-refractivity contribution is 14.1. The fraction of sp³-hybridized carbons (Fsp3) is 0.281. The standard InChI is InChI=1S/C32H32BIN2O2/c1-19-20(2)30(21(3)26-17-32(4,16-25(19)26)31(37)38-5)33-35-27-10-6-8-23-9-7-11-28(29(23)27)36(33)18-22-12-14-24(34)15-13-22/h6-15,35H,16-18H2,1-5H3. The predicted molar refractivity (Wildman–Crippen MR) is 166 cm³/mol. The summed E-state index contributed by atoms with van der Waals surface area (Å²) >= 11 is 2.37. The van der Waals surface area contributed by atoms with Crippen LogP contribution in [0.5, 0.6) is 0 Å². The molecule has 192 valence electrons. The van der Waals surface area contributed by atoms with Crippen LogP contribution in [-0.4, -0.2) is 20.1 Å². The smallest absolute Gasteiger partial charge is 0.409 e. The van der Waals surface area contributed by atoms with Crippen molar-refractivity contribution in [3.63, 3.8) is 0 Å². The summed E-state index contributed by atoms with van der Waals surface area (Å²) in [6.45, 7) is 9.51. The van der Waals surface area contributed by atoms with Crippen molar-refractivity contribution in [1.82, 2.24) is 0 Å². The average Bonchev–Trinajstić information content (AvgIpc) is 3.29. The van der Waals surface area contributed by atoms with Crippen molar-refractivity contribution < 1.29 is 9.53 Å². The third-order valence-electron chi connectivity index (χ3n) is 8.79. The minimum atomic E-state index is -0.517. The van der Waals surface area contributed by atoms with Gasteiger partial charge in [-0.15, -0.1) is 0 Å². The van der Waals surface area contributed by atoms with Crippen LogP contribution in [-0.2, 0) is 28.9 Å². The van der Waals surface area contributed by atoms with Gasteiger partial charge in [-0.05, 0) is 132 Å². The molecular weight excluding hydrogens is 582 g/mol. The Balaban J connectivity index is 1.53. The highest BCUT2D eigenvalue weighted by Crippen LogP contribution is 2.43. The Morgan fingerprint density at radius 3 is 2.32 bits per heavy atom. The molecule has 4 aromatic rings. The first-order valence-electron chi connectivity index (χ1n) is 13.2. The van der Waals surface area contributed by atoms with Crippen LogP contribution in [0.15, 0.2) is 60.7 Å². The molecular formula is C32H32BIN2O2. The summed E-state index contributed by atoms with van der Waals surface area (Å²) in [7, 11) is 1.50. The van der Waals surface area contributed by atoms with Gasteiger partial charge >= 0.3 is 13.0 Å². The molecule has 1 aliphatic heterocycles. The lowest BCUT2D eigenvalue weighted by Crippen LogP contribution is -2.57. The molecule has 38 heavy (non-hydrogen) atoms. The molecule has 0 spiro atoms. The Bertz CT molecular complexity index is 1590. The number of fused-ring (bicyclic) bond motifs is 1. The van der Waals surface area contributed by atoms with Crippen molar-refractivity contribution >= 4 is 63.2 Å². The Morgan fingerprint density at radius 2 is 1.63 bits per heavy atom. The van der Waals surface area contributed by atoms with Gasteiger partial charge in [0.05, 0.1) is 12.5 Å². The van der Waals surface area contributed by atoms with E-state index in [-0.39, 0.29) is 13.0 Å². The van der Waals surface area contributed by atoms with Crippen LogP contribution in [0, 0.1) is 29.8 Å². The maximum Gasteiger partial charge on any atom is 0.409 e. The van der Waals surface area contributed by atoms with Gasteiger partial charge in [0.2, 0.25) is 0 Å². The van der Waals surface area contributed by atoms with Crippen molar-refractivity contribution in [2.75, 3.05) is 17.1 Å². The number of hydrogen-bond acceptors (Lipinski definition) is 4. The number of nitrogens with zero attached hydrogens (tertiary/aromatic N) is 1. The normalized spacial score (nSPS) is 17.9. The minimum Gasteiger partial charge on any atom is -0.469 e. The van der Waals surface area contributed by atoms with E-state index in [1.54, 1.807) is 0 Å². The Hall–Kier alpha value is -3.00. The molecule has 0 fully saturated rings. The zero-order chi connectivity index (χ0) is 26.8. The summed E-state index contributed by atoms with van der Waals surface area (Å²) in [5.74, 6) is -0.122. The quantitative estimate of drug-likeness (QED) is 0.163. The number of ether oxygens (including phenoxy) is 1. The topological polar surface area (TPSA) is 41.6 Å². The van der Waals surface area contributed by atoms with Gasteiger partial charge in [-0.3, -0.25) is 4.79 Å². The van der Waals surface area contributed by atoms with E-state index in [0.717, 1.165) is 13.0 Å². The zero-order valence-electron chi connectivity index (χ0n) is 22.6. The SMILES string of the molecule is COC(=O)C1(C)Cc2c(C)c(C)c(B3Nc4cccc5cccc(c45)N3Cc3ccc(I)cc3)c(C)c2C1. The molecule has 0 amide bonds. The monoisotopic (exact) mass is 614 g/mol. The van der Waals surface area contributed by atoms with Crippen LogP contribution in [0.25, 0.3) is 10.8 Å². The van der Waals surface area contributed by atoms with Crippen LogP contribution in [0.3, 0.4) is 0 Å². The highest BCUT2D eigenvalue weighted by atomic mass is 127. The second-order valence-electron chi connectivity index (χ2n) is 11.1. The molecule has 0 radical (unpaired) electrons. The Kier molecular flexibility index (Phi) is 6.21. The zero-order valence-corrected chi connectivity index (χ0v) is 24.8. The van der Waals surface area contributed by atoms with Crippen LogP contribution in [0.1, 0.15) is 40.3 Å². The van der Waals surface area contributed by atoms with E-state index >= 15 is 0 Å². The molecule has 1 atom stereocenters. The first kappa shape index (κ1) is 25.3. The molecule has 1 N–H and O–H groups in total. The van der Waals surface area contributed by atoms with E-state index < -0.39 is 5.41 Å². The van der Waals surface area contributed by atoms with Crippen LogP contribution < -0.4 is 15.5 Å². The number of methoxy groups -OCH3 is 1. The molecule has 1 unspecified atom stereocenters. The van der Waals surface area contributed by atoms with E-state index in [9.17, 15) is 4.79 Å². The van der Waals surface area contributed by atoms with Gasteiger partial charge < -0.3 is 14.8 Å². The maximum atomic E-state index is 12.8. The first-order chi connectivity index (χ1) is 18.2. The molecule has 2 aliphatic rings. The third kappa shape index (κ3) is 3.91. The molecule has 1 aliphatic carbocycles. The Morgan fingerprint density at radius 1 is 0.974 bits per heavy atom. The molecule has 0 bridgehead atoms. The second kappa shape index (κ2) is 9.33. The van der Waals surface area contributed by atoms with E-state index in [4.69, 9.17) is 4.74 Å². The van der Waals surface area contributed by atoms with Gasteiger partial charge in [0.1, 0.15) is 0 Å². The summed E-state index contributed by atoms with van der Waals surface area (Å²) in [6, 6.07) is 22.0. The first-order valence-corrected chi connectivity index (χ1v) is 14.3. The van der Waals surface area contributed by atoms with E-state index in [2.05, 4.69) is 114 Å². The molecule has 6 heteroatoms. The number of esters is 1. The summed E-state index contributed by atoms with van der Waals surface area (Å²) in [5.41, 5.74) is 11.0. The number of carbonyl (C=O) groups excluding carboxylic acids is 1. The van der Waals surface area contributed by atoms with Gasteiger partial charge in [-0.1, -0.05) is 36.4 Å². The van der Waals surface area contributed by atoms with Crippen molar-refractivity contribution in [2.45, 2.75) is 47.1 Å². The number of rotatable bonds is 4. The second-order valence-corrected chi connectivity index (χ2v) is 12.4. The lowest BCUT2D eigenvalue weighted by atomic mass is 9.59. The Labute approximate surface area is 239 Å². The summed E-state index contributed by atoms with van der Waals surface area (Å²) < 4.78 is 6.47. The van der Waals surface area contributed by atoms with E-state index in [0.29, 0.717) is 6.42 Å². The van der Waals surface area contributed by atoms with E-state index in [1.807, 2.05) is 6.92 Å². The number of nitrogens with one attached hydrogen (secondary N) is 1. The summed E-state index contributed by atoms with van der Waals surface area (Å²) in [5, 5.41) is 6.46. The van der Waals surface area contributed by atoms with Gasteiger partial charge in [-0.25, -0.2) is 0 Å². The van der Waals surface area contributed by atoms with Gasteiger partial charge in [0, 0.05) is 26.9 Å². The molecule has 0 aromatic heterocycles. The highest BCUT2D eigenvalue weighted by Gasteiger charge is 2.44. The van der Waals surface area contributed by atoms with Crippen molar-refractivity contribution in [2.24, 2.45) is 5.41 Å². The number of benzene rings is 4. The van der Waals surface area contributed by atoms with Crippen LogP contribution in [0.4, 0.5) is 11.4 Å². The fourth-order valence-corrected chi connectivity index (χ4v) is 7.04. The number of anilines is 2. The molecule has 1 heterocycles. The van der Waals surface area contributed by atoms with Crippen molar-refractivity contribution in [3.8, 4) is 0 Å². The molecule has 4 nitrogen and oxygen atoms in total. The van der Waals surface area contributed by atoms with Gasteiger partial charge in [0.15, 0.2) is 0 Å². The molecule has 0 saturated carbocycles. The molecule has 4 aromatic carbocycles. The van der Waals surface area contributed by atoms with Gasteiger partial charge in [0.25, 0.3) is 0 Å². The van der Waals surface area contributed by atoms with Gasteiger partial charge in [-0.2, -0.15) is 0 Å². The van der Waals surface area contributed by atoms with Crippen molar-refractivity contribution in [1.29, 1.82) is 0 Å². The van der Waals surface area contributed by atoms with Crippen molar-refractivity contribution in [3.05, 3.63) is 97.6 Å². The molecule has 6 rings (SSSR count). The van der Waals surface area contributed by atoms with E-state index in [1.165, 1.54) is 71.7 Å². The predicted octanol–water partition coefficient (Wildman–Crippen LogP) is 6.48. The average molecular weight is 614 g/mol. The number of carbonyl (C=O) groups is 1. The maximum absolute atomic E-state index is 12.8. The largest absolute Gasteiger partial charge is 0.469 e. The lowest BCUT2D eigenvalue weighted by Gasteiger charge is -2.39. The third-order valence-corrected chi connectivity index (χ3v) is 9.51. The molecule has 0 saturated heterocycles. The lowest BCUT2D eigenvalue weighted by molar-refractivity contribution is -0.151. The number of hydrogen-bond donors (Lipinski definition) is 1. The number of halogens is 1.